The first-order chi connectivity index (χ1) is 7.47. The lowest BCUT2D eigenvalue weighted by molar-refractivity contribution is 0.151. The van der Waals surface area contributed by atoms with Gasteiger partial charge in [0, 0.05) is 17.0 Å². The molecule has 0 saturated heterocycles. The van der Waals surface area contributed by atoms with E-state index in [0.717, 1.165) is 24.0 Å². The fraction of sp³-hybridized carbons (Fsp3) is 0.538. The molecule has 0 heterocycles. The summed E-state index contributed by atoms with van der Waals surface area (Å²) in [6.07, 6.45) is -0.376. The fourth-order valence-electron chi connectivity index (χ4n) is 2.42. The van der Waals surface area contributed by atoms with Gasteiger partial charge in [-0.2, -0.15) is 0 Å². The van der Waals surface area contributed by atoms with Crippen LogP contribution in [0.25, 0.3) is 0 Å². The van der Waals surface area contributed by atoms with Gasteiger partial charge in [-0.3, -0.25) is 0 Å². The Morgan fingerprint density at radius 1 is 1.31 bits per heavy atom. The van der Waals surface area contributed by atoms with Gasteiger partial charge in [0.05, 0.1) is 0 Å². The van der Waals surface area contributed by atoms with Gasteiger partial charge in [0.1, 0.15) is 0 Å². The molecular weight excluding hydrogens is 208 g/mol. The molecule has 1 fully saturated rings. The van der Waals surface area contributed by atoms with E-state index in [4.69, 9.17) is 5.73 Å². The van der Waals surface area contributed by atoms with Crippen molar-refractivity contribution < 1.29 is 8.78 Å². The molecule has 1 unspecified atom stereocenters. The van der Waals surface area contributed by atoms with E-state index in [1.54, 1.807) is 12.1 Å². The van der Waals surface area contributed by atoms with Gasteiger partial charge < -0.3 is 5.73 Å². The number of aryl methyl sites for hydroxylation is 1. The predicted molar refractivity (Wildman–Crippen MR) is 60.7 cm³/mol. The topological polar surface area (TPSA) is 26.0 Å². The summed E-state index contributed by atoms with van der Waals surface area (Å²) in [6.45, 7) is 3.93. The number of hydrogen-bond acceptors (Lipinski definition) is 1. The van der Waals surface area contributed by atoms with Crippen molar-refractivity contribution in [3.63, 3.8) is 0 Å². The lowest BCUT2D eigenvalue weighted by Gasteiger charge is -2.23. The Morgan fingerprint density at radius 2 is 1.94 bits per heavy atom. The lowest BCUT2D eigenvalue weighted by Crippen LogP contribution is -2.32. The van der Waals surface area contributed by atoms with Crippen molar-refractivity contribution in [2.75, 3.05) is 0 Å². The van der Waals surface area contributed by atoms with Crippen LogP contribution in [0.4, 0.5) is 8.78 Å². The first-order valence-corrected chi connectivity index (χ1v) is 5.62. The zero-order chi connectivity index (χ0) is 11.9. The zero-order valence-corrected chi connectivity index (χ0v) is 9.63. The second kappa shape index (κ2) is 3.81. The van der Waals surface area contributed by atoms with Gasteiger partial charge in [0.2, 0.25) is 0 Å². The van der Waals surface area contributed by atoms with Crippen molar-refractivity contribution >= 4 is 0 Å². The third-order valence-electron chi connectivity index (χ3n) is 3.71. The summed E-state index contributed by atoms with van der Waals surface area (Å²) in [5, 5.41) is 0. The van der Waals surface area contributed by atoms with Crippen molar-refractivity contribution in [1.29, 1.82) is 0 Å². The number of hydrogen-bond donors (Lipinski definition) is 1. The molecular formula is C13H17F2N. The van der Waals surface area contributed by atoms with Crippen molar-refractivity contribution in [3.05, 3.63) is 34.9 Å². The predicted octanol–water partition coefficient (Wildman–Crippen LogP) is 3.31. The molecule has 1 aromatic rings. The molecule has 88 valence electrons. The number of benzene rings is 1. The summed E-state index contributed by atoms with van der Waals surface area (Å²) in [4.78, 5) is 0. The maximum atomic E-state index is 12.7. The summed E-state index contributed by atoms with van der Waals surface area (Å²) >= 11 is 0. The van der Waals surface area contributed by atoms with Crippen LogP contribution in [0.2, 0.25) is 0 Å². The van der Waals surface area contributed by atoms with Gasteiger partial charge >= 0.3 is 0 Å². The highest BCUT2D eigenvalue weighted by molar-refractivity contribution is 5.42. The van der Waals surface area contributed by atoms with Crippen LogP contribution in [0, 0.1) is 6.92 Å². The summed E-state index contributed by atoms with van der Waals surface area (Å²) in [5.74, 6) is 0. The van der Waals surface area contributed by atoms with E-state index in [1.165, 1.54) is 6.07 Å². The lowest BCUT2D eigenvalue weighted by atomic mass is 9.85. The molecule has 3 heteroatoms. The fourth-order valence-corrected chi connectivity index (χ4v) is 2.42. The SMILES string of the molecule is Cc1ccc(C(F)F)cc1C1(C(C)N)CC1. The van der Waals surface area contributed by atoms with Gasteiger partial charge in [0.25, 0.3) is 6.43 Å². The molecule has 1 aliphatic rings. The Bertz CT molecular complexity index is 395. The second-order valence-corrected chi connectivity index (χ2v) is 4.82. The number of halogens is 2. The quantitative estimate of drug-likeness (QED) is 0.839. The smallest absolute Gasteiger partial charge is 0.263 e. The van der Waals surface area contributed by atoms with E-state index in [9.17, 15) is 8.78 Å². The number of alkyl halides is 2. The molecule has 0 bridgehead atoms. The summed E-state index contributed by atoms with van der Waals surface area (Å²) < 4.78 is 25.3. The molecule has 0 radical (unpaired) electrons. The standard InChI is InChI=1S/C13H17F2N/c1-8-3-4-10(12(14)15)7-11(8)13(5-6-13)9(2)16/h3-4,7,9,12H,5-6,16H2,1-2H3. The average Bonchev–Trinajstić information content (AvgIpc) is 2.98. The Kier molecular flexibility index (Phi) is 2.74. The van der Waals surface area contributed by atoms with Crippen LogP contribution in [-0.2, 0) is 5.41 Å². The van der Waals surface area contributed by atoms with Crippen molar-refractivity contribution in [2.24, 2.45) is 5.73 Å². The highest BCUT2D eigenvalue weighted by Crippen LogP contribution is 2.51. The van der Waals surface area contributed by atoms with Crippen LogP contribution in [-0.4, -0.2) is 6.04 Å². The van der Waals surface area contributed by atoms with E-state index in [2.05, 4.69) is 0 Å². The van der Waals surface area contributed by atoms with Crippen LogP contribution >= 0.6 is 0 Å². The molecule has 2 N–H and O–H groups in total. The minimum absolute atomic E-state index is 0.0270. The monoisotopic (exact) mass is 225 g/mol. The van der Waals surface area contributed by atoms with Crippen LogP contribution < -0.4 is 5.73 Å². The van der Waals surface area contributed by atoms with Crippen molar-refractivity contribution in [1.82, 2.24) is 0 Å². The van der Waals surface area contributed by atoms with Gasteiger partial charge in [0.15, 0.2) is 0 Å². The van der Waals surface area contributed by atoms with E-state index in [-0.39, 0.29) is 17.0 Å². The maximum absolute atomic E-state index is 12.7. The average molecular weight is 225 g/mol. The molecule has 2 rings (SSSR count). The minimum Gasteiger partial charge on any atom is -0.327 e. The normalized spacial score (nSPS) is 19.9. The Labute approximate surface area is 94.7 Å². The summed E-state index contributed by atoms with van der Waals surface area (Å²) in [6, 6.07) is 4.94. The van der Waals surface area contributed by atoms with E-state index in [0.29, 0.717) is 0 Å². The van der Waals surface area contributed by atoms with E-state index in [1.807, 2.05) is 13.8 Å². The molecule has 0 aromatic heterocycles. The first-order valence-electron chi connectivity index (χ1n) is 5.62. The number of rotatable bonds is 3. The minimum atomic E-state index is -2.40. The summed E-state index contributed by atoms with van der Waals surface area (Å²) in [7, 11) is 0. The van der Waals surface area contributed by atoms with Crippen molar-refractivity contribution in [2.45, 2.75) is 44.6 Å². The third-order valence-corrected chi connectivity index (χ3v) is 3.71. The van der Waals surface area contributed by atoms with Gasteiger partial charge in [-0.15, -0.1) is 0 Å². The molecule has 1 nitrogen and oxygen atoms in total. The van der Waals surface area contributed by atoms with Crippen LogP contribution in [0.3, 0.4) is 0 Å². The molecule has 1 atom stereocenters. The Hall–Kier alpha value is -0.960. The summed E-state index contributed by atoms with van der Waals surface area (Å²) in [5.41, 5.74) is 8.11. The molecule has 1 saturated carbocycles. The second-order valence-electron chi connectivity index (χ2n) is 4.82. The third kappa shape index (κ3) is 1.73. The van der Waals surface area contributed by atoms with Crippen molar-refractivity contribution in [3.8, 4) is 0 Å². The Morgan fingerprint density at radius 3 is 2.38 bits per heavy atom. The Balaban J connectivity index is 2.44. The molecule has 1 aliphatic carbocycles. The van der Waals surface area contributed by atoms with Gasteiger partial charge in [-0.05, 0) is 43.9 Å². The van der Waals surface area contributed by atoms with Gasteiger partial charge in [-0.1, -0.05) is 12.1 Å². The van der Waals surface area contributed by atoms with E-state index >= 15 is 0 Å². The zero-order valence-electron chi connectivity index (χ0n) is 9.63. The first kappa shape index (κ1) is 11.5. The molecule has 0 spiro atoms. The molecule has 0 aliphatic heterocycles. The van der Waals surface area contributed by atoms with Crippen LogP contribution in [0.5, 0.6) is 0 Å². The van der Waals surface area contributed by atoms with Crippen LogP contribution in [0.1, 0.15) is 42.9 Å². The van der Waals surface area contributed by atoms with E-state index < -0.39 is 6.43 Å². The number of nitrogens with two attached hydrogens (primary N) is 1. The molecule has 0 amide bonds. The highest BCUT2D eigenvalue weighted by atomic mass is 19.3. The van der Waals surface area contributed by atoms with Gasteiger partial charge in [-0.25, -0.2) is 8.78 Å². The molecule has 16 heavy (non-hydrogen) atoms. The largest absolute Gasteiger partial charge is 0.327 e. The highest BCUT2D eigenvalue weighted by Gasteiger charge is 2.48. The maximum Gasteiger partial charge on any atom is 0.263 e. The molecule has 1 aromatic carbocycles. The van der Waals surface area contributed by atoms with Crippen LogP contribution in [0.15, 0.2) is 18.2 Å².